The van der Waals surface area contributed by atoms with Crippen LogP contribution in [0.5, 0.6) is 0 Å². The zero-order valence-electron chi connectivity index (χ0n) is 34.9. The molecule has 18 nitrogen and oxygen atoms in total. The van der Waals surface area contributed by atoms with Gasteiger partial charge in [0.1, 0.15) is 0 Å². The van der Waals surface area contributed by atoms with Crippen LogP contribution >= 0.6 is 0 Å². The van der Waals surface area contributed by atoms with Crippen LogP contribution in [-0.2, 0) is 36.9 Å². The van der Waals surface area contributed by atoms with Crippen molar-refractivity contribution in [2.24, 2.45) is 0 Å². The first-order valence-electron chi connectivity index (χ1n) is 19.7. The molecule has 18 heteroatoms. The average Bonchev–Trinajstić information content (AvgIpc) is 3.18. The predicted molar refractivity (Wildman–Crippen MR) is 225 cm³/mol. The van der Waals surface area contributed by atoms with Gasteiger partial charge in [-0.25, -0.2) is 19.6 Å². The summed E-state index contributed by atoms with van der Waals surface area (Å²) in [4.78, 5) is 92.2. The predicted octanol–water partition coefficient (Wildman–Crippen LogP) is 3.95. The van der Waals surface area contributed by atoms with E-state index in [2.05, 4.69) is 46.5 Å². The molecule has 2 aromatic carbocycles. The van der Waals surface area contributed by atoms with Gasteiger partial charge in [0.15, 0.2) is 23.0 Å². The number of aromatic amines is 2. The van der Waals surface area contributed by atoms with Crippen LogP contribution in [-0.4, -0.2) is 78.0 Å². The molecule has 0 saturated carbocycles. The van der Waals surface area contributed by atoms with Crippen molar-refractivity contribution < 1.29 is 23.8 Å². The van der Waals surface area contributed by atoms with Crippen LogP contribution in [0.15, 0.2) is 55.8 Å². The number of aryl methyl sites for hydroxylation is 5. The summed E-state index contributed by atoms with van der Waals surface area (Å²) in [6.45, 7) is 15.4. The lowest BCUT2D eigenvalue weighted by atomic mass is 10.1. The molecule has 0 fully saturated rings. The second-order valence-corrected chi connectivity index (χ2v) is 14.5. The lowest BCUT2D eigenvalue weighted by molar-refractivity contribution is -0.153. The Bertz CT molecular complexity index is 2700. The number of nitrogens with one attached hydrogen (secondary N) is 3. The highest BCUT2D eigenvalue weighted by Gasteiger charge is 2.20. The lowest BCUT2D eigenvalue weighted by Crippen LogP contribution is -2.30. The number of hydrogen-bond acceptors (Lipinski definition) is 14. The van der Waals surface area contributed by atoms with Gasteiger partial charge in [0.2, 0.25) is 6.79 Å². The Labute approximate surface area is 344 Å². The van der Waals surface area contributed by atoms with E-state index < -0.39 is 22.5 Å². The fourth-order valence-electron chi connectivity index (χ4n) is 6.49. The van der Waals surface area contributed by atoms with E-state index in [1.54, 1.807) is 6.92 Å². The molecule has 4 aliphatic rings. The smallest absolute Gasteiger partial charge is 0.349 e. The minimum atomic E-state index is -0.692. The molecule has 3 N–H and O–H groups in total. The number of allylic oxidation sites excluding steroid dienone is 1. The molecule has 2 aromatic rings. The van der Waals surface area contributed by atoms with Gasteiger partial charge in [0, 0.05) is 32.5 Å². The Morgan fingerprint density at radius 1 is 0.650 bits per heavy atom. The van der Waals surface area contributed by atoms with E-state index in [9.17, 15) is 28.8 Å². The highest BCUT2D eigenvalue weighted by Crippen LogP contribution is 2.25. The average molecular weight is 826 g/mol. The van der Waals surface area contributed by atoms with Crippen molar-refractivity contribution in [3.8, 4) is 23.0 Å². The van der Waals surface area contributed by atoms with Gasteiger partial charge >= 0.3 is 23.3 Å². The molecule has 0 radical (unpaired) electrons. The molecule has 0 amide bonds. The number of fused-ring (bicyclic) bond motifs is 4. The van der Waals surface area contributed by atoms with Crippen LogP contribution in [0.3, 0.4) is 0 Å². The quantitative estimate of drug-likeness (QED) is 0.0389. The van der Waals surface area contributed by atoms with E-state index in [4.69, 9.17) is 9.47 Å². The third kappa shape index (κ3) is 11.3. The molecule has 60 heavy (non-hydrogen) atoms. The summed E-state index contributed by atoms with van der Waals surface area (Å²) in [6, 6.07) is 7.86. The standard InChI is InChI=1S/C23H28N4O5.C19H23N5O4/c1-14(2)31-13-32-19(28)9-7-5-6-8-10-27-18-12-16(4)15(3)11-17(18)24-20-21(27)25-23(30)26-22(20)29;1-11-9-13-14(10-12(11)2)24(8-7-20-6-4-5-15(25)28-3)17-16(21-13)18(26)23-19(27)22-17/h11-12H,1,5-10,13H2,2-4H3,(H,26,29,30);9-10,20H,4-8H2,1-3H3,(H,23,26,27). The summed E-state index contributed by atoms with van der Waals surface area (Å²) in [6.07, 6.45) is 4.55. The Morgan fingerprint density at radius 2 is 1.15 bits per heavy atom. The molecule has 6 rings (SSSR count). The molecule has 0 unspecified atom stereocenters. The maximum atomic E-state index is 12.3. The van der Waals surface area contributed by atoms with Gasteiger partial charge in [-0.2, -0.15) is 9.97 Å². The summed E-state index contributed by atoms with van der Waals surface area (Å²) in [5, 5.41) is 3.26. The van der Waals surface area contributed by atoms with E-state index in [-0.39, 0.29) is 41.8 Å². The fourth-order valence-corrected chi connectivity index (χ4v) is 6.49. The summed E-state index contributed by atoms with van der Waals surface area (Å²) in [5.74, 6) is 0.511. The number of esters is 2. The Balaban J connectivity index is 0.000000230. The number of methoxy groups -OCH3 is 1. The van der Waals surface area contributed by atoms with Gasteiger partial charge in [-0.05, 0) is 107 Å². The number of carbonyl (C=O) groups is 2. The van der Waals surface area contributed by atoms with Crippen molar-refractivity contribution in [2.45, 2.75) is 92.7 Å². The molecule has 0 aliphatic carbocycles. The van der Waals surface area contributed by atoms with E-state index in [1.165, 1.54) is 7.11 Å². The first-order chi connectivity index (χ1) is 28.7. The number of unbranched alkanes of at least 4 members (excludes halogenated alkanes) is 3. The molecule has 0 aromatic heterocycles. The fraction of sp³-hybridized carbons (Fsp3) is 0.429. The van der Waals surface area contributed by atoms with Crippen LogP contribution in [0.25, 0.3) is 45.1 Å². The second-order valence-electron chi connectivity index (χ2n) is 14.5. The third-order valence-electron chi connectivity index (χ3n) is 9.96. The molecule has 0 spiro atoms. The third-order valence-corrected chi connectivity index (χ3v) is 9.96. The van der Waals surface area contributed by atoms with Crippen LogP contribution in [0.1, 0.15) is 74.1 Å². The number of H-pyrrole nitrogens is 2. The van der Waals surface area contributed by atoms with Crippen molar-refractivity contribution in [1.29, 1.82) is 0 Å². The molecular formula is C42H51N9O9. The maximum absolute atomic E-state index is 12.3. The Hall–Kier alpha value is -6.56. The lowest BCUT2D eigenvalue weighted by Gasteiger charge is -2.18. The largest absolute Gasteiger partial charge is 0.469 e. The van der Waals surface area contributed by atoms with E-state index >= 15 is 0 Å². The van der Waals surface area contributed by atoms with Gasteiger partial charge in [-0.1, -0.05) is 19.4 Å². The topological polar surface area (TPSA) is 235 Å². The molecule has 0 atom stereocenters. The number of aromatic nitrogens is 8. The Morgan fingerprint density at radius 3 is 1.68 bits per heavy atom. The minimum absolute atomic E-state index is 0.111. The van der Waals surface area contributed by atoms with Crippen LogP contribution < -0.4 is 27.8 Å². The van der Waals surface area contributed by atoms with Crippen LogP contribution in [0.2, 0.25) is 0 Å². The second kappa shape index (κ2) is 20.4. The number of rotatable bonds is 17. The first kappa shape index (κ1) is 44.5. The minimum Gasteiger partial charge on any atom is -0.469 e. The monoisotopic (exact) mass is 825 g/mol. The summed E-state index contributed by atoms with van der Waals surface area (Å²) in [5.41, 5.74) is 5.14. The normalized spacial score (nSPS) is 11.2. The zero-order chi connectivity index (χ0) is 43.5. The van der Waals surface area contributed by atoms with Gasteiger partial charge < -0.3 is 28.7 Å². The van der Waals surface area contributed by atoms with E-state index in [0.29, 0.717) is 68.7 Å². The highest BCUT2D eigenvalue weighted by molar-refractivity contribution is 5.82. The molecular weight excluding hydrogens is 775 g/mol. The summed E-state index contributed by atoms with van der Waals surface area (Å²) >= 11 is 0. The van der Waals surface area contributed by atoms with Gasteiger partial charge in [-0.15, -0.1) is 0 Å². The van der Waals surface area contributed by atoms with Gasteiger partial charge in [0.25, 0.3) is 11.1 Å². The Kier molecular flexibility index (Phi) is 15.2. The maximum Gasteiger partial charge on any atom is 0.349 e. The number of ether oxygens (including phenoxy) is 3. The van der Waals surface area contributed by atoms with Gasteiger partial charge in [0.05, 0.1) is 34.9 Å². The summed E-state index contributed by atoms with van der Waals surface area (Å²) < 4.78 is 18.3. The van der Waals surface area contributed by atoms with Crippen molar-refractivity contribution >= 4 is 34.0 Å². The number of carbonyl (C=O) groups excluding carboxylic acids is 2. The van der Waals surface area contributed by atoms with Crippen molar-refractivity contribution in [2.75, 3.05) is 27.0 Å². The van der Waals surface area contributed by atoms with Crippen molar-refractivity contribution in [3.63, 3.8) is 0 Å². The van der Waals surface area contributed by atoms with Crippen LogP contribution in [0, 0.1) is 27.7 Å². The number of benzene rings is 2. The van der Waals surface area contributed by atoms with Crippen molar-refractivity contribution in [1.82, 2.24) is 44.4 Å². The number of nitrogens with zero attached hydrogens (tertiary/aromatic N) is 6. The molecule has 4 aliphatic heterocycles. The van der Waals surface area contributed by atoms with Crippen molar-refractivity contribution in [3.05, 3.63) is 101 Å². The molecule has 318 valence electrons. The van der Waals surface area contributed by atoms with Crippen LogP contribution in [0.4, 0.5) is 0 Å². The number of hydrogen-bond donors (Lipinski definition) is 3. The molecule has 0 saturated heterocycles. The zero-order valence-corrected chi connectivity index (χ0v) is 34.9. The molecule has 0 bridgehead atoms. The molecule has 4 heterocycles. The van der Waals surface area contributed by atoms with E-state index in [1.807, 2.05) is 61.1 Å². The summed E-state index contributed by atoms with van der Waals surface area (Å²) in [7, 11) is 1.37. The highest BCUT2D eigenvalue weighted by atomic mass is 16.7. The SMILES string of the molecule is C=C(C)OCOC(=O)CCCCCCn1c2nc(=O)[nH]c(=O)c-2nc2cc(C)c(C)cc21.COC(=O)CCCNCCn1c2nc(=O)[nH]c(=O)c-2nc2cc(C)c(C)cc21. The van der Waals surface area contributed by atoms with E-state index in [0.717, 1.165) is 52.5 Å². The first-order valence-corrected chi connectivity index (χ1v) is 19.7. The van der Waals surface area contributed by atoms with Gasteiger partial charge in [-0.3, -0.25) is 29.1 Å².